The summed E-state index contributed by atoms with van der Waals surface area (Å²) in [6.45, 7) is 0. The van der Waals surface area contributed by atoms with Crippen LogP contribution in [-0.4, -0.2) is 30.7 Å². The lowest BCUT2D eigenvalue weighted by molar-refractivity contribution is 0.178. The SMILES string of the molecule is Cl.Nc1nc(Cl)nc2c1ncn2[C@@H]1CC[C@@H](O)C1. The predicted octanol–water partition coefficient (Wildman–Crippen LogP) is 1.57. The summed E-state index contributed by atoms with van der Waals surface area (Å²) in [4.78, 5) is 12.2. The number of nitrogens with two attached hydrogens (primary N) is 1. The third-order valence-electron chi connectivity index (χ3n) is 3.19. The van der Waals surface area contributed by atoms with Crippen molar-refractivity contribution in [3.05, 3.63) is 11.6 Å². The standard InChI is InChI=1S/C10H12ClN5O.ClH/c11-10-14-8(12)7-9(15-10)16(4-13-7)5-1-2-6(17)3-5;/h4-6,17H,1-3H2,(H2,12,14,15);1H/t5-,6-;/m1./s1. The number of aliphatic hydroxyl groups excluding tert-OH is 1. The molecule has 3 rings (SSSR count). The molecule has 2 aromatic rings. The van der Waals surface area contributed by atoms with Gasteiger partial charge in [-0.2, -0.15) is 9.97 Å². The molecule has 18 heavy (non-hydrogen) atoms. The zero-order valence-electron chi connectivity index (χ0n) is 9.45. The first-order valence-electron chi connectivity index (χ1n) is 5.49. The molecule has 2 atom stereocenters. The first kappa shape index (κ1) is 13.3. The molecule has 0 amide bonds. The van der Waals surface area contributed by atoms with Crippen molar-refractivity contribution in [3.63, 3.8) is 0 Å². The van der Waals surface area contributed by atoms with Crippen molar-refractivity contribution in [1.29, 1.82) is 0 Å². The summed E-state index contributed by atoms with van der Waals surface area (Å²) in [5, 5.41) is 9.68. The average Bonchev–Trinajstić information content (AvgIpc) is 2.83. The fraction of sp³-hybridized carbons (Fsp3) is 0.500. The number of imidazole rings is 1. The number of halogens is 2. The van der Waals surface area contributed by atoms with Crippen LogP contribution in [0, 0.1) is 0 Å². The average molecular weight is 290 g/mol. The Bertz CT molecular complexity index is 573. The third-order valence-corrected chi connectivity index (χ3v) is 3.36. The summed E-state index contributed by atoms with van der Waals surface area (Å²) in [7, 11) is 0. The molecule has 0 aliphatic heterocycles. The quantitative estimate of drug-likeness (QED) is 0.778. The van der Waals surface area contributed by atoms with Crippen LogP contribution in [0.1, 0.15) is 25.3 Å². The minimum Gasteiger partial charge on any atom is -0.393 e. The Balaban J connectivity index is 0.00000120. The minimum atomic E-state index is -0.243. The second-order valence-corrected chi connectivity index (χ2v) is 4.66. The minimum absolute atomic E-state index is 0. The first-order valence-corrected chi connectivity index (χ1v) is 5.86. The van der Waals surface area contributed by atoms with Gasteiger partial charge in [0.25, 0.3) is 0 Å². The van der Waals surface area contributed by atoms with Crippen LogP contribution in [0.25, 0.3) is 11.2 Å². The topological polar surface area (TPSA) is 89.9 Å². The van der Waals surface area contributed by atoms with Crippen LogP contribution in [0.2, 0.25) is 5.28 Å². The molecule has 1 aliphatic rings. The van der Waals surface area contributed by atoms with Gasteiger partial charge >= 0.3 is 0 Å². The lowest BCUT2D eigenvalue weighted by Gasteiger charge is -2.11. The van der Waals surface area contributed by atoms with Crippen molar-refractivity contribution < 1.29 is 5.11 Å². The van der Waals surface area contributed by atoms with Gasteiger partial charge in [-0.1, -0.05) is 0 Å². The van der Waals surface area contributed by atoms with Gasteiger partial charge in [0.15, 0.2) is 11.5 Å². The Labute approximate surface area is 115 Å². The lowest BCUT2D eigenvalue weighted by Crippen LogP contribution is -2.07. The van der Waals surface area contributed by atoms with E-state index < -0.39 is 0 Å². The van der Waals surface area contributed by atoms with Crippen LogP contribution in [0.5, 0.6) is 0 Å². The van der Waals surface area contributed by atoms with Crippen molar-refractivity contribution in [2.24, 2.45) is 0 Å². The third kappa shape index (κ3) is 2.11. The maximum Gasteiger partial charge on any atom is 0.226 e. The molecular weight excluding hydrogens is 277 g/mol. The van der Waals surface area contributed by atoms with Crippen molar-refractivity contribution >= 4 is 41.0 Å². The fourth-order valence-electron chi connectivity index (χ4n) is 2.37. The Morgan fingerprint density at radius 3 is 2.83 bits per heavy atom. The Hall–Kier alpha value is -1.11. The van der Waals surface area contributed by atoms with Gasteiger partial charge in [-0.15, -0.1) is 12.4 Å². The summed E-state index contributed by atoms with van der Waals surface area (Å²) in [5.74, 6) is 0.289. The molecule has 3 N–H and O–H groups in total. The van der Waals surface area contributed by atoms with E-state index in [9.17, 15) is 5.11 Å². The highest BCUT2D eigenvalue weighted by atomic mass is 35.5. The summed E-state index contributed by atoms with van der Waals surface area (Å²) < 4.78 is 1.93. The lowest BCUT2D eigenvalue weighted by atomic mass is 10.2. The second-order valence-electron chi connectivity index (χ2n) is 4.32. The molecule has 0 saturated heterocycles. The molecule has 6 nitrogen and oxygen atoms in total. The van der Waals surface area contributed by atoms with Gasteiger partial charge in [0, 0.05) is 6.04 Å². The van der Waals surface area contributed by atoms with E-state index in [0.717, 1.165) is 12.8 Å². The Morgan fingerprint density at radius 2 is 2.17 bits per heavy atom. The highest BCUT2D eigenvalue weighted by molar-refractivity contribution is 6.28. The van der Waals surface area contributed by atoms with E-state index in [4.69, 9.17) is 17.3 Å². The number of fused-ring (bicyclic) bond motifs is 1. The molecule has 0 unspecified atom stereocenters. The van der Waals surface area contributed by atoms with E-state index in [2.05, 4.69) is 15.0 Å². The van der Waals surface area contributed by atoms with E-state index in [-0.39, 0.29) is 35.7 Å². The van der Waals surface area contributed by atoms with Gasteiger partial charge < -0.3 is 15.4 Å². The van der Waals surface area contributed by atoms with Crippen LogP contribution in [-0.2, 0) is 0 Å². The zero-order valence-corrected chi connectivity index (χ0v) is 11.0. The molecule has 8 heteroatoms. The van der Waals surface area contributed by atoms with E-state index in [1.807, 2.05) is 4.57 Å². The number of anilines is 1. The van der Waals surface area contributed by atoms with E-state index in [0.29, 0.717) is 17.6 Å². The van der Waals surface area contributed by atoms with Crippen LogP contribution in [0.15, 0.2) is 6.33 Å². The number of rotatable bonds is 1. The molecule has 1 saturated carbocycles. The van der Waals surface area contributed by atoms with Crippen molar-refractivity contribution in [3.8, 4) is 0 Å². The number of hydrogen-bond acceptors (Lipinski definition) is 5. The molecule has 0 bridgehead atoms. The van der Waals surface area contributed by atoms with Crippen molar-refractivity contribution in [2.45, 2.75) is 31.4 Å². The summed E-state index contributed by atoms with van der Waals surface area (Å²) in [6.07, 6.45) is 3.88. The van der Waals surface area contributed by atoms with Gasteiger partial charge in [0.05, 0.1) is 12.4 Å². The van der Waals surface area contributed by atoms with Gasteiger partial charge in [-0.05, 0) is 30.9 Å². The number of aliphatic hydroxyl groups is 1. The number of nitrogens with zero attached hydrogens (tertiary/aromatic N) is 4. The molecule has 0 radical (unpaired) electrons. The van der Waals surface area contributed by atoms with Gasteiger partial charge in [-0.25, -0.2) is 4.98 Å². The molecule has 0 aromatic carbocycles. The monoisotopic (exact) mass is 289 g/mol. The van der Waals surface area contributed by atoms with Crippen molar-refractivity contribution in [1.82, 2.24) is 19.5 Å². The highest BCUT2D eigenvalue weighted by Gasteiger charge is 2.26. The molecule has 1 aliphatic carbocycles. The zero-order chi connectivity index (χ0) is 12.0. The van der Waals surface area contributed by atoms with Crippen LogP contribution < -0.4 is 5.73 Å². The largest absolute Gasteiger partial charge is 0.393 e. The smallest absolute Gasteiger partial charge is 0.226 e. The number of hydrogen-bond donors (Lipinski definition) is 2. The molecule has 2 aromatic heterocycles. The van der Waals surface area contributed by atoms with Gasteiger partial charge in [0.2, 0.25) is 5.28 Å². The van der Waals surface area contributed by atoms with E-state index in [1.165, 1.54) is 0 Å². The van der Waals surface area contributed by atoms with Crippen LogP contribution in [0.4, 0.5) is 5.82 Å². The van der Waals surface area contributed by atoms with Gasteiger partial charge in [-0.3, -0.25) is 0 Å². The summed E-state index contributed by atoms with van der Waals surface area (Å²) in [6, 6.07) is 0.209. The maximum absolute atomic E-state index is 9.56. The molecule has 0 spiro atoms. The van der Waals surface area contributed by atoms with Crippen molar-refractivity contribution in [2.75, 3.05) is 5.73 Å². The maximum atomic E-state index is 9.56. The number of aromatic nitrogens is 4. The van der Waals surface area contributed by atoms with Crippen LogP contribution >= 0.6 is 24.0 Å². The molecular formula is C10H13Cl2N5O. The van der Waals surface area contributed by atoms with E-state index in [1.54, 1.807) is 6.33 Å². The number of nitrogen functional groups attached to an aromatic ring is 1. The Morgan fingerprint density at radius 1 is 1.39 bits per heavy atom. The van der Waals surface area contributed by atoms with Gasteiger partial charge in [0.1, 0.15) is 5.52 Å². The van der Waals surface area contributed by atoms with E-state index >= 15 is 0 Å². The summed E-state index contributed by atoms with van der Waals surface area (Å²) >= 11 is 5.80. The first-order chi connectivity index (χ1) is 8.15. The molecule has 2 heterocycles. The highest BCUT2D eigenvalue weighted by Crippen LogP contribution is 2.32. The fourth-order valence-corrected chi connectivity index (χ4v) is 2.54. The summed E-state index contributed by atoms with van der Waals surface area (Å²) in [5.41, 5.74) is 6.94. The van der Waals surface area contributed by atoms with Crippen LogP contribution in [0.3, 0.4) is 0 Å². The second kappa shape index (κ2) is 4.87. The molecule has 98 valence electrons. The Kier molecular flexibility index (Phi) is 3.61. The normalized spacial score (nSPS) is 23.2. The molecule has 1 fully saturated rings. The predicted molar refractivity (Wildman–Crippen MR) is 70.9 cm³/mol.